The molecule has 0 spiro atoms. The molecule has 8 nitrogen and oxygen atoms in total. The molecule has 8 heteroatoms. The number of carbonyl (C=O) groups excluding carboxylic acids is 2. The number of anilines is 1. The van der Waals surface area contributed by atoms with E-state index in [4.69, 9.17) is 14.6 Å². The van der Waals surface area contributed by atoms with Crippen molar-refractivity contribution < 1.29 is 19.1 Å². The van der Waals surface area contributed by atoms with Gasteiger partial charge in [0.05, 0.1) is 31.6 Å². The van der Waals surface area contributed by atoms with Crippen molar-refractivity contribution in [3.8, 4) is 11.4 Å². The second-order valence-corrected chi connectivity index (χ2v) is 9.97. The van der Waals surface area contributed by atoms with Crippen molar-refractivity contribution >= 4 is 17.6 Å². The molecule has 1 aromatic heterocycles. The molecule has 3 rings (SSSR count). The summed E-state index contributed by atoms with van der Waals surface area (Å²) in [5, 5.41) is 7.72. The fraction of sp³-hybridized carbons (Fsp3) is 0.414. The second-order valence-electron chi connectivity index (χ2n) is 9.97. The second kappa shape index (κ2) is 13.1. The topological polar surface area (TPSA) is 85.7 Å². The molecule has 1 N–H and O–H groups in total. The molecule has 0 radical (unpaired) electrons. The first kappa shape index (κ1) is 27.9. The lowest BCUT2D eigenvalue weighted by Gasteiger charge is -2.22. The number of amides is 2. The molecule has 3 aromatic rings. The Morgan fingerprint density at radius 3 is 2.38 bits per heavy atom. The lowest BCUT2D eigenvalue weighted by atomic mass is 9.92. The fourth-order valence-electron chi connectivity index (χ4n) is 3.68. The summed E-state index contributed by atoms with van der Waals surface area (Å²) in [5.74, 6) is 0.779. The third kappa shape index (κ3) is 8.18. The minimum absolute atomic E-state index is 0.0633. The van der Waals surface area contributed by atoms with Crippen LogP contribution in [-0.2, 0) is 26.3 Å². The fourth-order valence-corrected chi connectivity index (χ4v) is 3.68. The van der Waals surface area contributed by atoms with Crippen molar-refractivity contribution in [2.75, 3.05) is 32.1 Å². The maximum absolute atomic E-state index is 13.1. The zero-order chi connectivity index (χ0) is 26.8. The summed E-state index contributed by atoms with van der Waals surface area (Å²) in [4.78, 5) is 27.6. The minimum atomic E-state index is -0.289. The quantitative estimate of drug-likeness (QED) is 0.375. The summed E-state index contributed by atoms with van der Waals surface area (Å²) in [6.45, 7) is 8.95. The maximum atomic E-state index is 13.1. The number of carbonyl (C=O) groups is 2. The van der Waals surface area contributed by atoms with Gasteiger partial charge in [-0.2, -0.15) is 5.10 Å². The average Bonchev–Trinajstić information content (AvgIpc) is 3.31. The van der Waals surface area contributed by atoms with Gasteiger partial charge in [0, 0.05) is 18.0 Å². The molecule has 1 heterocycles. The molecule has 0 aliphatic heterocycles. The Kier molecular flexibility index (Phi) is 9.85. The monoisotopic (exact) mass is 506 g/mol. The van der Waals surface area contributed by atoms with E-state index in [-0.39, 0.29) is 30.4 Å². The van der Waals surface area contributed by atoms with Gasteiger partial charge in [0.25, 0.3) is 0 Å². The SMILES string of the molecule is CCCCN(CC(=O)Nc1cc(C(C)(C)C)nn1-c1ccc(OC)cc1)C(=O)COCc1ccccc1. The predicted octanol–water partition coefficient (Wildman–Crippen LogP) is 4.96. The van der Waals surface area contributed by atoms with Gasteiger partial charge in [0.15, 0.2) is 0 Å². The van der Waals surface area contributed by atoms with Crippen LogP contribution in [0, 0.1) is 0 Å². The molecular formula is C29H38N4O4. The molecule has 0 atom stereocenters. The van der Waals surface area contributed by atoms with Crippen LogP contribution < -0.4 is 10.1 Å². The Morgan fingerprint density at radius 1 is 1.05 bits per heavy atom. The summed E-state index contributed by atoms with van der Waals surface area (Å²) in [7, 11) is 1.62. The van der Waals surface area contributed by atoms with Crippen LogP contribution in [0.5, 0.6) is 5.75 Å². The molecule has 37 heavy (non-hydrogen) atoms. The Bertz CT molecular complexity index is 1150. The third-order valence-electron chi connectivity index (χ3n) is 5.87. The molecule has 0 fully saturated rings. The van der Waals surface area contributed by atoms with Gasteiger partial charge >= 0.3 is 0 Å². The van der Waals surface area contributed by atoms with Gasteiger partial charge in [0.1, 0.15) is 18.2 Å². The number of nitrogens with zero attached hydrogens (tertiary/aromatic N) is 3. The average molecular weight is 507 g/mol. The largest absolute Gasteiger partial charge is 0.497 e. The van der Waals surface area contributed by atoms with Crippen molar-refractivity contribution in [1.82, 2.24) is 14.7 Å². The minimum Gasteiger partial charge on any atom is -0.497 e. The van der Waals surface area contributed by atoms with E-state index in [2.05, 4.69) is 33.0 Å². The van der Waals surface area contributed by atoms with Crippen molar-refractivity contribution in [3.05, 3.63) is 71.9 Å². The van der Waals surface area contributed by atoms with Crippen LogP contribution in [0.3, 0.4) is 0 Å². The van der Waals surface area contributed by atoms with Gasteiger partial charge in [-0.05, 0) is 36.2 Å². The van der Waals surface area contributed by atoms with Gasteiger partial charge in [-0.15, -0.1) is 0 Å². The summed E-state index contributed by atoms with van der Waals surface area (Å²) in [6, 6.07) is 19.0. The number of rotatable bonds is 12. The Labute approximate surface area is 219 Å². The summed E-state index contributed by atoms with van der Waals surface area (Å²) < 4.78 is 12.6. The molecule has 198 valence electrons. The van der Waals surface area contributed by atoms with E-state index in [1.165, 1.54) is 0 Å². The molecule has 0 saturated carbocycles. The van der Waals surface area contributed by atoms with E-state index in [1.54, 1.807) is 16.7 Å². The van der Waals surface area contributed by atoms with E-state index in [0.29, 0.717) is 19.0 Å². The Hall–Kier alpha value is -3.65. The number of hydrogen-bond acceptors (Lipinski definition) is 5. The number of unbranched alkanes of at least 4 members (excludes halogenated alkanes) is 1. The number of nitrogens with one attached hydrogen (secondary N) is 1. The van der Waals surface area contributed by atoms with Gasteiger partial charge in [0.2, 0.25) is 11.8 Å². The normalized spacial score (nSPS) is 11.3. The summed E-state index contributed by atoms with van der Waals surface area (Å²) in [5.41, 5.74) is 2.41. The van der Waals surface area contributed by atoms with Crippen LogP contribution in [-0.4, -0.2) is 53.3 Å². The third-order valence-corrected chi connectivity index (χ3v) is 5.87. The van der Waals surface area contributed by atoms with E-state index in [1.807, 2.05) is 60.7 Å². The molecule has 2 aromatic carbocycles. The zero-order valence-corrected chi connectivity index (χ0v) is 22.5. The molecule has 0 aliphatic rings. The zero-order valence-electron chi connectivity index (χ0n) is 22.5. The highest BCUT2D eigenvalue weighted by Crippen LogP contribution is 2.27. The van der Waals surface area contributed by atoms with Crippen LogP contribution in [0.15, 0.2) is 60.7 Å². The van der Waals surface area contributed by atoms with Crippen LogP contribution in [0.2, 0.25) is 0 Å². The van der Waals surface area contributed by atoms with Crippen molar-refractivity contribution in [2.24, 2.45) is 0 Å². The lowest BCUT2D eigenvalue weighted by molar-refractivity contribution is -0.139. The van der Waals surface area contributed by atoms with Crippen molar-refractivity contribution in [3.63, 3.8) is 0 Å². The van der Waals surface area contributed by atoms with Crippen LogP contribution >= 0.6 is 0 Å². The highest BCUT2D eigenvalue weighted by Gasteiger charge is 2.23. The Balaban J connectivity index is 1.71. The standard InChI is InChI=1S/C29H38N4O4/c1-6-7-17-32(28(35)21-37-20-22-11-9-8-10-12-22)19-27(34)30-26-18-25(29(2,3)4)31-33(26)23-13-15-24(36-5)16-14-23/h8-16,18H,6-7,17,19-21H2,1-5H3,(H,30,34). The van der Waals surface area contributed by atoms with Gasteiger partial charge in [-0.1, -0.05) is 64.4 Å². The van der Waals surface area contributed by atoms with Crippen molar-refractivity contribution in [2.45, 2.75) is 52.6 Å². The number of benzene rings is 2. The van der Waals surface area contributed by atoms with Crippen LogP contribution in [0.4, 0.5) is 5.82 Å². The lowest BCUT2D eigenvalue weighted by Crippen LogP contribution is -2.40. The molecular weight excluding hydrogens is 468 g/mol. The molecule has 2 amide bonds. The van der Waals surface area contributed by atoms with E-state index < -0.39 is 0 Å². The Morgan fingerprint density at radius 2 is 1.76 bits per heavy atom. The maximum Gasteiger partial charge on any atom is 0.249 e. The molecule has 0 saturated heterocycles. The molecule has 0 unspecified atom stereocenters. The number of aromatic nitrogens is 2. The summed E-state index contributed by atoms with van der Waals surface area (Å²) in [6.07, 6.45) is 1.71. The van der Waals surface area contributed by atoms with Crippen molar-refractivity contribution in [1.29, 1.82) is 0 Å². The highest BCUT2D eigenvalue weighted by atomic mass is 16.5. The smallest absolute Gasteiger partial charge is 0.249 e. The number of methoxy groups -OCH3 is 1. The first-order chi connectivity index (χ1) is 17.7. The van der Waals surface area contributed by atoms with Crippen LogP contribution in [0.25, 0.3) is 5.69 Å². The van der Waals surface area contributed by atoms with E-state index in [0.717, 1.165) is 35.5 Å². The van der Waals surface area contributed by atoms with Gasteiger partial charge in [-0.3, -0.25) is 9.59 Å². The predicted molar refractivity (Wildman–Crippen MR) is 145 cm³/mol. The summed E-state index contributed by atoms with van der Waals surface area (Å²) >= 11 is 0. The van der Waals surface area contributed by atoms with Crippen LogP contribution in [0.1, 0.15) is 51.8 Å². The van der Waals surface area contributed by atoms with Gasteiger partial charge in [-0.25, -0.2) is 4.68 Å². The van der Waals surface area contributed by atoms with Gasteiger partial charge < -0.3 is 19.7 Å². The number of ether oxygens (including phenoxy) is 2. The highest BCUT2D eigenvalue weighted by molar-refractivity contribution is 5.94. The van der Waals surface area contributed by atoms with E-state index in [9.17, 15) is 9.59 Å². The molecule has 0 bridgehead atoms. The first-order valence-electron chi connectivity index (χ1n) is 12.7. The molecule has 0 aliphatic carbocycles. The van der Waals surface area contributed by atoms with E-state index >= 15 is 0 Å². The number of hydrogen-bond donors (Lipinski definition) is 1. The first-order valence-corrected chi connectivity index (χ1v) is 12.7.